The Kier molecular flexibility index (Phi) is 4.12. The second-order valence-corrected chi connectivity index (χ2v) is 4.11. The van der Waals surface area contributed by atoms with Crippen LogP contribution in [-0.4, -0.2) is 30.4 Å². The molecule has 0 aromatic heterocycles. The zero-order valence-electron chi connectivity index (χ0n) is 9.59. The normalized spacial score (nSPS) is 19.4. The molecule has 0 spiro atoms. The molecule has 92 valence electrons. The van der Waals surface area contributed by atoms with Crippen LogP contribution < -0.4 is 0 Å². The van der Waals surface area contributed by atoms with Crippen LogP contribution in [0.3, 0.4) is 0 Å². The van der Waals surface area contributed by atoms with Crippen molar-refractivity contribution < 1.29 is 19.4 Å². The second-order valence-electron chi connectivity index (χ2n) is 4.11. The summed E-state index contributed by atoms with van der Waals surface area (Å²) in [4.78, 5) is 11.0. The van der Waals surface area contributed by atoms with Gasteiger partial charge in [-0.05, 0) is 24.5 Å². The quantitative estimate of drug-likeness (QED) is 0.850. The van der Waals surface area contributed by atoms with E-state index in [1.165, 1.54) is 0 Å². The fraction of sp³-hybridized carbons (Fsp3) is 0.462. The van der Waals surface area contributed by atoms with Gasteiger partial charge >= 0.3 is 5.97 Å². The standard InChI is InChI=1S/C13H16O4/c14-13(15)12-6-2-1-4-10(12)8-16-9-11-5-3-7-17-11/h1-2,4,6,11H,3,5,7-9H2,(H,14,15). The van der Waals surface area contributed by atoms with E-state index in [1.54, 1.807) is 18.2 Å². The van der Waals surface area contributed by atoms with Gasteiger partial charge in [0.2, 0.25) is 0 Å². The van der Waals surface area contributed by atoms with E-state index in [2.05, 4.69) is 0 Å². The van der Waals surface area contributed by atoms with Crippen LogP contribution in [-0.2, 0) is 16.1 Å². The van der Waals surface area contributed by atoms with Gasteiger partial charge in [-0.1, -0.05) is 18.2 Å². The summed E-state index contributed by atoms with van der Waals surface area (Å²) in [5.74, 6) is -0.915. The average molecular weight is 236 g/mol. The number of carboxylic acid groups (broad SMARTS) is 1. The Hall–Kier alpha value is -1.39. The monoisotopic (exact) mass is 236 g/mol. The Morgan fingerprint density at radius 2 is 2.29 bits per heavy atom. The minimum Gasteiger partial charge on any atom is -0.478 e. The maximum atomic E-state index is 11.0. The summed E-state index contributed by atoms with van der Waals surface area (Å²) in [7, 11) is 0. The number of hydrogen-bond donors (Lipinski definition) is 1. The molecule has 1 unspecified atom stereocenters. The van der Waals surface area contributed by atoms with Gasteiger partial charge in [0.15, 0.2) is 0 Å². The molecule has 1 atom stereocenters. The third kappa shape index (κ3) is 3.28. The molecule has 1 fully saturated rings. The van der Waals surface area contributed by atoms with Gasteiger partial charge in [0.05, 0.1) is 24.9 Å². The summed E-state index contributed by atoms with van der Waals surface area (Å²) >= 11 is 0. The lowest BCUT2D eigenvalue weighted by Crippen LogP contribution is -2.14. The van der Waals surface area contributed by atoms with Crippen molar-refractivity contribution >= 4 is 5.97 Å². The first kappa shape index (κ1) is 12.1. The molecule has 0 radical (unpaired) electrons. The molecule has 1 N–H and O–H groups in total. The molecule has 1 saturated heterocycles. The molecule has 1 aliphatic rings. The zero-order valence-corrected chi connectivity index (χ0v) is 9.59. The van der Waals surface area contributed by atoms with Gasteiger partial charge in [0.1, 0.15) is 0 Å². The number of hydrogen-bond acceptors (Lipinski definition) is 3. The number of rotatable bonds is 5. The smallest absolute Gasteiger partial charge is 0.336 e. The molecule has 0 amide bonds. The molecule has 0 aliphatic carbocycles. The maximum Gasteiger partial charge on any atom is 0.336 e. The van der Waals surface area contributed by atoms with E-state index in [4.69, 9.17) is 14.6 Å². The Bertz CT molecular complexity index is 383. The van der Waals surface area contributed by atoms with Gasteiger partial charge in [-0.25, -0.2) is 4.79 Å². The number of benzene rings is 1. The lowest BCUT2D eigenvalue weighted by Gasteiger charge is -2.11. The van der Waals surface area contributed by atoms with Crippen molar-refractivity contribution in [3.63, 3.8) is 0 Å². The minimum atomic E-state index is -0.915. The third-order valence-electron chi connectivity index (χ3n) is 2.83. The Labute approximate surface area is 100 Å². The first-order valence-electron chi connectivity index (χ1n) is 5.78. The van der Waals surface area contributed by atoms with E-state index in [0.717, 1.165) is 19.4 Å². The van der Waals surface area contributed by atoms with E-state index in [1.807, 2.05) is 6.07 Å². The SMILES string of the molecule is O=C(O)c1ccccc1COCC1CCCO1. The van der Waals surface area contributed by atoms with E-state index >= 15 is 0 Å². The van der Waals surface area contributed by atoms with Crippen molar-refractivity contribution in [2.45, 2.75) is 25.6 Å². The van der Waals surface area contributed by atoms with Crippen LogP contribution >= 0.6 is 0 Å². The first-order valence-corrected chi connectivity index (χ1v) is 5.78. The van der Waals surface area contributed by atoms with E-state index in [9.17, 15) is 4.79 Å². The molecule has 4 heteroatoms. The predicted octanol–water partition coefficient (Wildman–Crippen LogP) is 2.08. The molecule has 0 saturated carbocycles. The van der Waals surface area contributed by atoms with Crippen LogP contribution in [0.4, 0.5) is 0 Å². The van der Waals surface area contributed by atoms with Crippen LogP contribution in [0.5, 0.6) is 0 Å². The van der Waals surface area contributed by atoms with Crippen molar-refractivity contribution in [2.75, 3.05) is 13.2 Å². The van der Waals surface area contributed by atoms with E-state index in [0.29, 0.717) is 24.3 Å². The summed E-state index contributed by atoms with van der Waals surface area (Å²) in [6, 6.07) is 6.90. The largest absolute Gasteiger partial charge is 0.478 e. The predicted molar refractivity (Wildman–Crippen MR) is 62.0 cm³/mol. The second kappa shape index (κ2) is 5.80. The van der Waals surface area contributed by atoms with Crippen LogP contribution in [0.2, 0.25) is 0 Å². The fourth-order valence-corrected chi connectivity index (χ4v) is 1.93. The molecule has 1 aromatic rings. The third-order valence-corrected chi connectivity index (χ3v) is 2.83. The number of aromatic carboxylic acids is 1. The van der Waals surface area contributed by atoms with Gasteiger partial charge in [0, 0.05) is 6.61 Å². The molecule has 1 aliphatic heterocycles. The van der Waals surface area contributed by atoms with Gasteiger partial charge in [-0.15, -0.1) is 0 Å². The van der Waals surface area contributed by atoms with Gasteiger partial charge < -0.3 is 14.6 Å². The average Bonchev–Trinajstić information content (AvgIpc) is 2.82. The number of carboxylic acids is 1. The molecule has 1 heterocycles. The molecule has 0 bridgehead atoms. The summed E-state index contributed by atoms with van der Waals surface area (Å²) in [5.41, 5.74) is 1.01. The van der Waals surface area contributed by atoms with Crippen molar-refractivity contribution in [1.82, 2.24) is 0 Å². The maximum absolute atomic E-state index is 11.0. The van der Waals surface area contributed by atoms with Crippen LogP contribution in [0, 0.1) is 0 Å². The minimum absolute atomic E-state index is 0.173. The first-order chi connectivity index (χ1) is 8.27. The van der Waals surface area contributed by atoms with Gasteiger partial charge in [-0.2, -0.15) is 0 Å². The van der Waals surface area contributed by atoms with Crippen molar-refractivity contribution in [1.29, 1.82) is 0 Å². The summed E-state index contributed by atoms with van der Waals surface area (Å²) in [5, 5.41) is 9.00. The molecule has 17 heavy (non-hydrogen) atoms. The molecular weight excluding hydrogens is 220 g/mol. The topological polar surface area (TPSA) is 55.8 Å². The van der Waals surface area contributed by atoms with Crippen molar-refractivity contribution in [3.8, 4) is 0 Å². The van der Waals surface area contributed by atoms with Crippen molar-refractivity contribution in [2.24, 2.45) is 0 Å². The molecule has 4 nitrogen and oxygen atoms in total. The Balaban J connectivity index is 1.87. The van der Waals surface area contributed by atoms with Crippen LogP contribution in [0.25, 0.3) is 0 Å². The number of carbonyl (C=O) groups is 1. The fourth-order valence-electron chi connectivity index (χ4n) is 1.93. The zero-order chi connectivity index (χ0) is 12.1. The van der Waals surface area contributed by atoms with Crippen LogP contribution in [0.15, 0.2) is 24.3 Å². The van der Waals surface area contributed by atoms with Crippen LogP contribution in [0.1, 0.15) is 28.8 Å². The lowest BCUT2D eigenvalue weighted by atomic mass is 10.1. The molecule has 1 aromatic carbocycles. The number of ether oxygens (including phenoxy) is 2. The van der Waals surface area contributed by atoms with E-state index in [-0.39, 0.29) is 6.10 Å². The molecule has 2 rings (SSSR count). The highest BCUT2D eigenvalue weighted by molar-refractivity contribution is 5.89. The molecular formula is C13H16O4. The lowest BCUT2D eigenvalue weighted by molar-refractivity contribution is 0.0103. The highest BCUT2D eigenvalue weighted by Gasteiger charge is 2.16. The Morgan fingerprint density at radius 3 is 3.00 bits per heavy atom. The van der Waals surface area contributed by atoms with Crippen molar-refractivity contribution in [3.05, 3.63) is 35.4 Å². The summed E-state index contributed by atoms with van der Waals surface area (Å²) in [6.45, 7) is 1.66. The van der Waals surface area contributed by atoms with Gasteiger partial charge in [0.25, 0.3) is 0 Å². The Morgan fingerprint density at radius 1 is 1.47 bits per heavy atom. The summed E-state index contributed by atoms with van der Waals surface area (Å²) in [6.07, 6.45) is 2.28. The van der Waals surface area contributed by atoms with Gasteiger partial charge in [-0.3, -0.25) is 0 Å². The highest BCUT2D eigenvalue weighted by atomic mass is 16.5. The van der Waals surface area contributed by atoms with E-state index < -0.39 is 5.97 Å². The highest BCUT2D eigenvalue weighted by Crippen LogP contribution is 2.14. The summed E-state index contributed by atoms with van der Waals surface area (Å²) < 4.78 is 10.9.